The second-order valence-electron chi connectivity index (χ2n) is 6.00. The van der Waals surface area contributed by atoms with Gasteiger partial charge in [0.05, 0.1) is 16.0 Å². The molecule has 0 unspecified atom stereocenters. The van der Waals surface area contributed by atoms with Crippen molar-refractivity contribution in [2.75, 3.05) is 10.7 Å². The highest BCUT2D eigenvalue weighted by molar-refractivity contribution is 5.95. The van der Waals surface area contributed by atoms with E-state index in [1.54, 1.807) is 36.5 Å². The molecule has 0 saturated heterocycles. The van der Waals surface area contributed by atoms with Gasteiger partial charge in [0.2, 0.25) is 11.6 Å². The topological polar surface area (TPSA) is 148 Å². The van der Waals surface area contributed by atoms with E-state index >= 15 is 0 Å². The van der Waals surface area contributed by atoms with Crippen molar-refractivity contribution in [3.63, 3.8) is 0 Å². The van der Waals surface area contributed by atoms with Crippen LogP contribution >= 0.6 is 0 Å². The largest absolute Gasteiger partial charge is 0.355 e. The van der Waals surface area contributed by atoms with Crippen molar-refractivity contribution in [1.29, 1.82) is 0 Å². The van der Waals surface area contributed by atoms with Crippen molar-refractivity contribution in [1.82, 2.24) is 25.4 Å². The van der Waals surface area contributed by atoms with Gasteiger partial charge in [0.1, 0.15) is 6.33 Å². The molecule has 3 aromatic heterocycles. The van der Waals surface area contributed by atoms with Crippen LogP contribution in [0.2, 0.25) is 0 Å². The summed E-state index contributed by atoms with van der Waals surface area (Å²) < 4.78 is 0. The van der Waals surface area contributed by atoms with E-state index in [4.69, 9.17) is 0 Å². The Bertz CT molecular complexity index is 1230. The van der Waals surface area contributed by atoms with E-state index in [2.05, 4.69) is 36.1 Å². The Balaban J connectivity index is 1.63. The van der Waals surface area contributed by atoms with Crippen molar-refractivity contribution in [2.24, 2.45) is 0 Å². The van der Waals surface area contributed by atoms with E-state index in [0.717, 1.165) is 17.2 Å². The molecule has 0 fully saturated rings. The van der Waals surface area contributed by atoms with Crippen LogP contribution in [0, 0.1) is 10.1 Å². The van der Waals surface area contributed by atoms with Crippen molar-refractivity contribution >= 4 is 39.8 Å². The number of carbonyl (C=O) groups is 1. The summed E-state index contributed by atoms with van der Waals surface area (Å²) in [5.41, 5.74) is 6.02. The molecule has 0 aliphatic carbocycles. The summed E-state index contributed by atoms with van der Waals surface area (Å²) in [6, 6.07) is 12.1. The Morgan fingerprint density at radius 1 is 0.967 bits per heavy atom. The van der Waals surface area contributed by atoms with Gasteiger partial charge in [0, 0.05) is 29.7 Å². The van der Waals surface area contributed by atoms with Gasteiger partial charge in [-0.25, -0.2) is 9.97 Å². The number of carbonyl (C=O) groups excluding carboxylic acids is 1. The molecule has 3 N–H and O–H groups in total. The molecule has 4 rings (SSSR count). The Hall–Kier alpha value is -4.67. The number of nitro groups is 1. The minimum Gasteiger partial charge on any atom is -0.334 e. The molecule has 0 atom stereocenters. The molecule has 148 valence electrons. The van der Waals surface area contributed by atoms with Gasteiger partial charge in [-0.15, -0.1) is 0 Å². The second-order valence-corrected chi connectivity index (χ2v) is 6.00. The molecule has 3 heterocycles. The lowest BCUT2D eigenvalue weighted by Crippen LogP contribution is -2.30. The highest BCUT2D eigenvalue weighted by Crippen LogP contribution is 2.32. The number of benzene rings is 1. The van der Waals surface area contributed by atoms with Crippen LogP contribution in [0.4, 0.5) is 23.0 Å². The van der Waals surface area contributed by atoms with E-state index in [1.165, 1.54) is 12.4 Å². The van der Waals surface area contributed by atoms with Gasteiger partial charge >= 0.3 is 5.69 Å². The van der Waals surface area contributed by atoms with Crippen LogP contribution in [-0.4, -0.2) is 30.8 Å². The number of hydrazine groups is 1. The lowest BCUT2D eigenvalue weighted by molar-refractivity contribution is -0.383. The van der Waals surface area contributed by atoms with Crippen molar-refractivity contribution in [2.45, 2.75) is 0 Å². The van der Waals surface area contributed by atoms with E-state index < -0.39 is 16.5 Å². The number of hydrogen-bond donors (Lipinski definition) is 3. The molecule has 30 heavy (non-hydrogen) atoms. The number of pyridine rings is 2. The predicted octanol–water partition coefficient (Wildman–Crippen LogP) is 2.83. The zero-order valence-corrected chi connectivity index (χ0v) is 15.3. The lowest BCUT2D eigenvalue weighted by atomic mass is 10.2. The molecule has 11 nitrogen and oxygen atoms in total. The molecule has 0 aliphatic heterocycles. The zero-order chi connectivity index (χ0) is 20.9. The van der Waals surface area contributed by atoms with Crippen LogP contribution in [0.15, 0.2) is 67.4 Å². The number of nitrogens with one attached hydrogen (secondary N) is 3. The maximum Gasteiger partial charge on any atom is 0.355 e. The number of fused-ring (bicyclic) bond motifs is 1. The monoisotopic (exact) mass is 402 g/mol. The van der Waals surface area contributed by atoms with E-state index in [0.29, 0.717) is 5.69 Å². The summed E-state index contributed by atoms with van der Waals surface area (Å²) in [6.45, 7) is 0. The van der Waals surface area contributed by atoms with Crippen LogP contribution in [0.3, 0.4) is 0 Å². The highest BCUT2D eigenvalue weighted by atomic mass is 16.6. The lowest BCUT2D eigenvalue weighted by Gasteiger charge is -2.12. The Kier molecular flexibility index (Phi) is 5.07. The first-order valence-electron chi connectivity index (χ1n) is 8.70. The first kappa shape index (κ1) is 18.7. The quantitative estimate of drug-likeness (QED) is 0.327. The summed E-state index contributed by atoms with van der Waals surface area (Å²) in [4.78, 5) is 39.3. The minimum atomic E-state index is -0.635. The Morgan fingerprint density at radius 2 is 1.80 bits per heavy atom. The number of hydrogen-bond acceptors (Lipinski definition) is 9. The van der Waals surface area contributed by atoms with Crippen LogP contribution < -0.4 is 16.2 Å². The number of aromatic nitrogens is 4. The summed E-state index contributed by atoms with van der Waals surface area (Å²) in [6.07, 6.45) is 5.71. The van der Waals surface area contributed by atoms with Gasteiger partial charge in [0.15, 0.2) is 0 Å². The van der Waals surface area contributed by atoms with Crippen LogP contribution in [0.5, 0.6) is 0 Å². The van der Waals surface area contributed by atoms with Gasteiger partial charge in [-0.1, -0.05) is 6.07 Å². The first-order chi connectivity index (χ1) is 14.6. The summed E-state index contributed by atoms with van der Waals surface area (Å²) in [7, 11) is 0. The fourth-order valence-corrected chi connectivity index (χ4v) is 2.76. The Labute approximate surface area is 169 Å². The molecular formula is C19H14N8O3. The van der Waals surface area contributed by atoms with E-state index in [-0.39, 0.29) is 17.2 Å². The molecule has 1 amide bonds. The molecule has 1 aromatic carbocycles. The fourth-order valence-electron chi connectivity index (χ4n) is 2.76. The van der Waals surface area contributed by atoms with Crippen molar-refractivity contribution < 1.29 is 9.72 Å². The maximum atomic E-state index is 12.2. The minimum absolute atomic E-state index is 0.0375. The third-order valence-corrected chi connectivity index (χ3v) is 4.12. The molecule has 0 spiro atoms. The SMILES string of the molecule is O=C(NNc1ncnc(Nc2cccc3ncccc23)c1[N+](=O)[O-])c1cccnc1. The molecule has 0 bridgehead atoms. The van der Waals surface area contributed by atoms with Crippen LogP contribution in [0.1, 0.15) is 10.4 Å². The van der Waals surface area contributed by atoms with Crippen molar-refractivity contribution in [3.8, 4) is 0 Å². The van der Waals surface area contributed by atoms with Gasteiger partial charge in [-0.05, 0) is 36.4 Å². The number of rotatable bonds is 6. The number of nitrogens with zero attached hydrogens (tertiary/aromatic N) is 5. The van der Waals surface area contributed by atoms with Gasteiger partial charge in [-0.2, -0.15) is 0 Å². The smallest absolute Gasteiger partial charge is 0.334 e. The third kappa shape index (κ3) is 3.80. The number of anilines is 3. The normalized spacial score (nSPS) is 10.4. The maximum absolute atomic E-state index is 12.2. The molecular weight excluding hydrogens is 388 g/mol. The fraction of sp³-hybridized carbons (Fsp3) is 0. The molecule has 4 aromatic rings. The zero-order valence-electron chi connectivity index (χ0n) is 15.3. The van der Waals surface area contributed by atoms with E-state index in [1.807, 2.05) is 12.1 Å². The molecule has 0 aliphatic rings. The van der Waals surface area contributed by atoms with Gasteiger partial charge in [-0.3, -0.25) is 35.7 Å². The van der Waals surface area contributed by atoms with Gasteiger partial charge < -0.3 is 5.32 Å². The van der Waals surface area contributed by atoms with Crippen molar-refractivity contribution in [3.05, 3.63) is 83.1 Å². The average molecular weight is 402 g/mol. The second kappa shape index (κ2) is 8.14. The molecule has 11 heteroatoms. The molecule has 0 radical (unpaired) electrons. The standard InChI is InChI=1S/C19H14N8O3/c28-19(12-4-2-8-20-10-12)26-25-18-16(27(29)30)17(22-11-23-18)24-15-7-1-6-14-13(15)5-3-9-21-14/h1-11H,(H,26,28)(H2,22,23,24,25). The first-order valence-corrected chi connectivity index (χ1v) is 8.70. The summed E-state index contributed by atoms with van der Waals surface area (Å²) in [5, 5.41) is 15.5. The highest BCUT2D eigenvalue weighted by Gasteiger charge is 2.24. The predicted molar refractivity (Wildman–Crippen MR) is 109 cm³/mol. The summed E-state index contributed by atoms with van der Waals surface area (Å²) >= 11 is 0. The Morgan fingerprint density at radius 3 is 2.60 bits per heavy atom. The summed E-state index contributed by atoms with van der Waals surface area (Å²) in [5.74, 6) is -0.733. The van der Waals surface area contributed by atoms with E-state index in [9.17, 15) is 14.9 Å². The van der Waals surface area contributed by atoms with Crippen LogP contribution in [-0.2, 0) is 0 Å². The van der Waals surface area contributed by atoms with Gasteiger partial charge in [0.25, 0.3) is 5.91 Å². The number of amides is 1. The van der Waals surface area contributed by atoms with Crippen LogP contribution in [0.25, 0.3) is 10.9 Å². The average Bonchev–Trinajstić information content (AvgIpc) is 2.78. The molecule has 0 saturated carbocycles. The third-order valence-electron chi connectivity index (χ3n) is 4.12.